The van der Waals surface area contributed by atoms with E-state index >= 15 is 0 Å². The molecule has 2 heterocycles. The maximum absolute atomic E-state index is 9.73. The molecular formula is C20H22O9. The van der Waals surface area contributed by atoms with Gasteiger partial charge in [0.15, 0.2) is 34.5 Å². The zero-order valence-corrected chi connectivity index (χ0v) is 15.4. The van der Waals surface area contributed by atoms with E-state index in [1.165, 1.54) is 24.3 Å². The second-order valence-electron chi connectivity index (χ2n) is 7.33. The molecule has 0 aliphatic carbocycles. The molecule has 2 fully saturated rings. The van der Waals surface area contributed by atoms with Crippen LogP contribution in [0.3, 0.4) is 0 Å². The van der Waals surface area contributed by atoms with E-state index in [4.69, 9.17) is 14.2 Å². The average molecular weight is 406 g/mol. The molecule has 2 aliphatic heterocycles. The number of phenols is 6. The highest BCUT2D eigenvalue weighted by atomic mass is 16.6. The van der Waals surface area contributed by atoms with Gasteiger partial charge in [0.2, 0.25) is 0 Å². The SMILES string of the molecule is Oc1cc(CC(OC(Cc2cc(O)c(O)c(O)c2)C2CO2)C2CO2)cc(O)c1O. The third kappa shape index (κ3) is 4.42. The van der Waals surface area contributed by atoms with Gasteiger partial charge in [-0.25, -0.2) is 0 Å². The van der Waals surface area contributed by atoms with Crippen molar-refractivity contribution in [1.82, 2.24) is 0 Å². The van der Waals surface area contributed by atoms with Crippen LogP contribution < -0.4 is 0 Å². The van der Waals surface area contributed by atoms with Crippen molar-refractivity contribution < 1.29 is 44.8 Å². The van der Waals surface area contributed by atoms with E-state index in [1.54, 1.807) is 0 Å². The van der Waals surface area contributed by atoms with Crippen molar-refractivity contribution in [1.29, 1.82) is 0 Å². The van der Waals surface area contributed by atoms with Gasteiger partial charge >= 0.3 is 0 Å². The molecule has 9 nitrogen and oxygen atoms in total. The lowest BCUT2D eigenvalue weighted by Gasteiger charge is -2.23. The van der Waals surface area contributed by atoms with E-state index in [-0.39, 0.29) is 12.2 Å². The van der Waals surface area contributed by atoms with Crippen molar-refractivity contribution in [3.05, 3.63) is 35.4 Å². The zero-order valence-electron chi connectivity index (χ0n) is 15.4. The summed E-state index contributed by atoms with van der Waals surface area (Å²) in [5.41, 5.74) is 1.13. The summed E-state index contributed by atoms with van der Waals surface area (Å²) in [4.78, 5) is 0. The molecule has 4 unspecified atom stereocenters. The number of phenolic OH excluding ortho intramolecular Hbond substituents is 6. The van der Waals surface area contributed by atoms with Crippen LogP contribution in [-0.2, 0) is 27.1 Å². The molecule has 0 radical (unpaired) electrons. The first kappa shape index (κ1) is 19.4. The fourth-order valence-electron chi connectivity index (χ4n) is 3.32. The van der Waals surface area contributed by atoms with Crippen LogP contribution in [0.25, 0.3) is 0 Å². The minimum atomic E-state index is -0.579. The van der Waals surface area contributed by atoms with Crippen LogP contribution in [-0.4, -0.2) is 68.3 Å². The lowest BCUT2D eigenvalue weighted by atomic mass is 10.0. The first-order chi connectivity index (χ1) is 13.8. The summed E-state index contributed by atoms with van der Waals surface area (Å²) in [5.74, 6) is -2.85. The van der Waals surface area contributed by atoms with Gasteiger partial charge in [0.05, 0.1) is 25.4 Å². The van der Waals surface area contributed by atoms with Crippen LogP contribution in [0.2, 0.25) is 0 Å². The Balaban J connectivity index is 1.50. The van der Waals surface area contributed by atoms with Crippen molar-refractivity contribution >= 4 is 0 Å². The predicted octanol–water partition coefficient (Wildman–Crippen LogP) is 1.26. The third-order valence-corrected chi connectivity index (χ3v) is 5.03. The molecule has 0 spiro atoms. The fourth-order valence-corrected chi connectivity index (χ4v) is 3.32. The van der Waals surface area contributed by atoms with E-state index < -0.39 is 46.7 Å². The van der Waals surface area contributed by atoms with Crippen molar-refractivity contribution in [2.45, 2.75) is 37.3 Å². The Labute approximate surface area is 166 Å². The molecule has 9 heteroatoms. The summed E-state index contributed by atoms with van der Waals surface area (Å²) in [6.07, 6.45) is -0.464. The van der Waals surface area contributed by atoms with Crippen molar-refractivity contribution in [2.75, 3.05) is 13.2 Å². The monoisotopic (exact) mass is 406 g/mol. The first-order valence-corrected chi connectivity index (χ1v) is 9.18. The molecule has 2 aromatic rings. The molecule has 0 aromatic heterocycles. The number of epoxide rings is 2. The van der Waals surface area contributed by atoms with Crippen molar-refractivity contribution in [2.24, 2.45) is 0 Å². The number of benzene rings is 2. The molecule has 0 amide bonds. The van der Waals surface area contributed by atoms with Gasteiger partial charge in [-0.3, -0.25) is 0 Å². The molecular weight excluding hydrogens is 384 g/mol. The summed E-state index contributed by atoms with van der Waals surface area (Å²) in [6.45, 7) is 1.03. The van der Waals surface area contributed by atoms with Crippen LogP contribution in [0, 0.1) is 0 Å². The maximum Gasteiger partial charge on any atom is 0.200 e. The number of ether oxygens (including phenoxy) is 3. The van der Waals surface area contributed by atoms with E-state index in [1.807, 2.05) is 0 Å². The lowest BCUT2D eigenvalue weighted by molar-refractivity contribution is -0.0369. The molecule has 0 bridgehead atoms. The molecule has 4 atom stereocenters. The molecule has 2 aromatic carbocycles. The predicted molar refractivity (Wildman–Crippen MR) is 98.4 cm³/mol. The first-order valence-electron chi connectivity index (χ1n) is 9.18. The fraction of sp³-hybridized carbons (Fsp3) is 0.400. The second-order valence-corrected chi connectivity index (χ2v) is 7.33. The third-order valence-electron chi connectivity index (χ3n) is 5.03. The summed E-state index contributed by atoms with van der Waals surface area (Å²) in [6, 6.07) is 5.41. The summed E-state index contributed by atoms with van der Waals surface area (Å²) in [5, 5.41) is 57.9. The largest absolute Gasteiger partial charge is 0.504 e. The van der Waals surface area contributed by atoms with Gasteiger partial charge in [-0.1, -0.05) is 0 Å². The minimum absolute atomic E-state index is 0.157. The number of aromatic hydroxyl groups is 6. The summed E-state index contributed by atoms with van der Waals surface area (Å²) in [7, 11) is 0. The average Bonchev–Trinajstić information content (AvgIpc) is 3.55. The number of hydrogen-bond acceptors (Lipinski definition) is 9. The highest BCUT2D eigenvalue weighted by Crippen LogP contribution is 2.38. The standard InChI is InChI=1S/C20H22O9/c21-11-1-9(2-12(22)19(11)25)5-15(17-7-27-17)29-16(18-8-28-18)6-10-3-13(23)20(26)14(24)4-10/h1-4,15-18,21-26H,5-8H2. The van der Waals surface area contributed by atoms with E-state index in [0.717, 1.165) is 0 Å². The molecule has 156 valence electrons. The molecule has 4 rings (SSSR count). The van der Waals surface area contributed by atoms with Crippen LogP contribution in [0.4, 0.5) is 0 Å². The molecule has 0 saturated carbocycles. The van der Waals surface area contributed by atoms with Crippen LogP contribution in [0.15, 0.2) is 24.3 Å². The highest BCUT2D eigenvalue weighted by molar-refractivity contribution is 5.52. The highest BCUT2D eigenvalue weighted by Gasteiger charge is 2.41. The smallest absolute Gasteiger partial charge is 0.200 e. The molecule has 6 N–H and O–H groups in total. The van der Waals surface area contributed by atoms with Gasteiger partial charge in [-0.2, -0.15) is 0 Å². The Bertz CT molecular complexity index is 785. The number of hydrogen-bond donors (Lipinski definition) is 6. The van der Waals surface area contributed by atoms with Gasteiger partial charge in [0.25, 0.3) is 0 Å². The van der Waals surface area contributed by atoms with Crippen molar-refractivity contribution in [3.8, 4) is 34.5 Å². The van der Waals surface area contributed by atoms with Gasteiger partial charge < -0.3 is 44.8 Å². The Morgan fingerprint density at radius 1 is 0.690 bits per heavy atom. The summed E-state index contributed by atoms with van der Waals surface area (Å²) >= 11 is 0. The minimum Gasteiger partial charge on any atom is -0.504 e. The normalized spacial score (nSPS) is 22.2. The maximum atomic E-state index is 9.73. The van der Waals surface area contributed by atoms with Crippen LogP contribution in [0.1, 0.15) is 11.1 Å². The van der Waals surface area contributed by atoms with Crippen LogP contribution in [0.5, 0.6) is 34.5 Å². The molecule has 2 saturated heterocycles. The van der Waals surface area contributed by atoms with Crippen molar-refractivity contribution in [3.63, 3.8) is 0 Å². The van der Waals surface area contributed by atoms with Gasteiger partial charge in [-0.05, 0) is 35.4 Å². The van der Waals surface area contributed by atoms with E-state index in [2.05, 4.69) is 0 Å². The molecule has 29 heavy (non-hydrogen) atoms. The topological polar surface area (TPSA) is 156 Å². The Hall–Kier alpha value is -2.88. The van der Waals surface area contributed by atoms with Gasteiger partial charge in [0.1, 0.15) is 12.2 Å². The van der Waals surface area contributed by atoms with Crippen LogP contribution >= 0.6 is 0 Å². The Kier molecular flexibility index (Phi) is 5.03. The van der Waals surface area contributed by atoms with Gasteiger partial charge in [-0.15, -0.1) is 0 Å². The van der Waals surface area contributed by atoms with E-state index in [0.29, 0.717) is 37.2 Å². The quantitative estimate of drug-likeness (QED) is 0.281. The van der Waals surface area contributed by atoms with E-state index in [9.17, 15) is 30.6 Å². The second kappa shape index (κ2) is 7.51. The molecule has 2 aliphatic rings. The van der Waals surface area contributed by atoms with Gasteiger partial charge in [0, 0.05) is 12.8 Å². The summed E-state index contributed by atoms with van der Waals surface area (Å²) < 4.78 is 17.0. The number of rotatable bonds is 8. The zero-order chi connectivity index (χ0) is 20.7. The lowest BCUT2D eigenvalue weighted by Crippen LogP contribution is -2.33. The Morgan fingerprint density at radius 3 is 1.28 bits per heavy atom. The Morgan fingerprint density at radius 2 is 1.00 bits per heavy atom.